The van der Waals surface area contributed by atoms with Crippen molar-refractivity contribution in [3.05, 3.63) is 0 Å². The maximum Gasteiger partial charge on any atom is 0.166 e. The molecular weight excluding hydrogens is 326 g/mol. The van der Waals surface area contributed by atoms with Crippen LogP contribution in [0.3, 0.4) is 0 Å². The summed E-state index contributed by atoms with van der Waals surface area (Å²) < 4.78 is 38.6. The van der Waals surface area contributed by atoms with Gasteiger partial charge in [0.1, 0.15) is 0 Å². The Labute approximate surface area is 83.7 Å². The molecule has 0 aliphatic rings. The van der Waals surface area contributed by atoms with E-state index in [4.69, 9.17) is 0 Å². The first kappa shape index (κ1) is 11.8. The normalized spacial score (nSPS) is 17.1. The minimum absolute atomic E-state index is 1.03. The number of hydrogen-bond acceptors (Lipinski definition) is 5. The zero-order chi connectivity index (χ0) is 9.02. The molecule has 0 saturated carbocycles. The molecule has 11 heavy (non-hydrogen) atoms. The van der Waals surface area contributed by atoms with Gasteiger partial charge in [0.15, 0.2) is 30.0 Å². The molecule has 68 valence electrons. The van der Waals surface area contributed by atoms with Crippen LogP contribution >= 0.6 is 31.9 Å². The number of halogens is 2. The Morgan fingerprint density at radius 1 is 0.909 bits per heavy atom. The summed E-state index contributed by atoms with van der Waals surface area (Å²) in [7, 11) is -5.42. The van der Waals surface area contributed by atoms with Gasteiger partial charge in [-0.05, 0) is 0 Å². The summed E-state index contributed by atoms with van der Waals surface area (Å²) in [6.45, 7) is 0. The SMILES string of the molecule is O=[SH](=O)C(Br)NC(Br)[SH](=O)=O. The highest BCUT2D eigenvalue weighted by atomic mass is 79.9. The molecule has 9 heteroatoms. The molecule has 0 aromatic heterocycles. The third-order valence-corrected chi connectivity index (χ3v) is 4.22. The van der Waals surface area contributed by atoms with Gasteiger partial charge in [0.05, 0.1) is 0 Å². The Hall–Kier alpha value is 0.820. The fraction of sp³-hybridized carbons (Fsp3) is 1.00. The van der Waals surface area contributed by atoms with Crippen LogP contribution in [0.5, 0.6) is 0 Å². The summed E-state index contributed by atoms with van der Waals surface area (Å²) in [6.07, 6.45) is 0. The van der Waals surface area contributed by atoms with Crippen molar-refractivity contribution in [2.75, 3.05) is 0 Å². The van der Waals surface area contributed by atoms with Gasteiger partial charge in [0.25, 0.3) is 0 Å². The summed E-state index contributed by atoms with van der Waals surface area (Å²) in [6, 6.07) is 0. The van der Waals surface area contributed by atoms with E-state index in [1.807, 2.05) is 0 Å². The molecule has 2 atom stereocenters. The van der Waals surface area contributed by atoms with Crippen LogP contribution in [0, 0.1) is 0 Å². The first-order valence-corrected chi connectivity index (χ1v) is 6.59. The molecule has 0 aromatic carbocycles. The Morgan fingerprint density at radius 2 is 1.18 bits per heavy atom. The maximum absolute atomic E-state index is 10.2. The van der Waals surface area contributed by atoms with Gasteiger partial charge < -0.3 is 0 Å². The fourth-order valence-corrected chi connectivity index (χ4v) is 2.19. The van der Waals surface area contributed by atoms with Gasteiger partial charge in [0.2, 0.25) is 0 Å². The van der Waals surface area contributed by atoms with Crippen molar-refractivity contribution in [2.24, 2.45) is 0 Å². The van der Waals surface area contributed by atoms with E-state index >= 15 is 0 Å². The summed E-state index contributed by atoms with van der Waals surface area (Å²) in [5.74, 6) is 0. The Kier molecular flexibility index (Phi) is 5.87. The molecule has 0 aromatic rings. The van der Waals surface area contributed by atoms with Crippen LogP contribution in [0.1, 0.15) is 0 Å². The molecule has 2 unspecified atom stereocenters. The van der Waals surface area contributed by atoms with E-state index in [1.54, 1.807) is 0 Å². The molecule has 0 aliphatic heterocycles. The molecule has 0 fully saturated rings. The van der Waals surface area contributed by atoms with Crippen LogP contribution in [-0.2, 0) is 21.4 Å². The van der Waals surface area contributed by atoms with Gasteiger partial charge >= 0.3 is 0 Å². The van der Waals surface area contributed by atoms with E-state index in [1.165, 1.54) is 0 Å². The lowest BCUT2D eigenvalue weighted by Gasteiger charge is -2.05. The van der Waals surface area contributed by atoms with E-state index < -0.39 is 30.0 Å². The number of rotatable bonds is 4. The van der Waals surface area contributed by atoms with E-state index in [-0.39, 0.29) is 0 Å². The minimum atomic E-state index is -2.71. The lowest BCUT2D eigenvalue weighted by atomic mass is 11.2. The molecule has 0 radical (unpaired) electrons. The van der Waals surface area contributed by atoms with Crippen LogP contribution < -0.4 is 5.32 Å². The van der Waals surface area contributed by atoms with Crippen molar-refractivity contribution in [3.8, 4) is 0 Å². The molecule has 0 saturated heterocycles. The van der Waals surface area contributed by atoms with Crippen molar-refractivity contribution in [1.29, 1.82) is 0 Å². The second-order valence-electron chi connectivity index (χ2n) is 1.41. The third-order valence-electron chi connectivity index (χ3n) is 0.645. The van der Waals surface area contributed by atoms with E-state index in [0.29, 0.717) is 0 Å². The average Bonchev–Trinajstić information content (AvgIpc) is 1.87. The van der Waals surface area contributed by atoms with E-state index in [0.717, 1.165) is 0 Å². The molecule has 0 spiro atoms. The van der Waals surface area contributed by atoms with Crippen LogP contribution in [0.15, 0.2) is 0 Å². The van der Waals surface area contributed by atoms with Gasteiger partial charge in [0, 0.05) is 0 Å². The predicted molar refractivity (Wildman–Crippen MR) is 49.2 cm³/mol. The van der Waals surface area contributed by atoms with Crippen molar-refractivity contribution >= 4 is 53.3 Å². The highest BCUT2D eigenvalue weighted by Crippen LogP contribution is 2.02. The lowest BCUT2D eigenvalue weighted by Crippen LogP contribution is -2.32. The smallest absolute Gasteiger partial charge is 0.166 e. The Balaban J connectivity index is 4.05. The van der Waals surface area contributed by atoms with Gasteiger partial charge in [-0.3, -0.25) is 5.32 Å². The number of hydrogen-bond donors (Lipinski definition) is 3. The molecule has 1 N–H and O–H groups in total. The molecule has 0 amide bonds. The van der Waals surface area contributed by atoms with Gasteiger partial charge in [-0.2, -0.15) is 0 Å². The van der Waals surface area contributed by atoms with Crippen LogP contribution in [0.4, 0.5) is 0 Å². The first-order chi connectivity index (χ1) is 4.95. The zero-order valence-electron chi connectivity index (χ0n) is 4.94. The number of thiol groups is 2. The van der Waals surface area contributed by atoms with Crippen molar-refractivity contribution in [2.45, 2.75) is 8.57 Å². The molecule has 0 aliphatic carbocycles. The highest BCUT2D eigenvalue weighted by Gasteiger charge is 2.12. The number of nitrogens with one attached hydrogen (secondary N) is 1. The molecule has 0 rings (SSSR count). The van der Waals surface area contributed by atoms with Gasteiger partial charge in [-0.25, -0.2) is 16.8 Å². The van der Waals surface area contributed by atoms with Crippen LogP contribution in [-0.4, -0.2) is 25.4 Å². The summed E-state index contributed by atoms with van der Waals surface area (Å²) in [5.41, 5.74) is 0. The predicted octanol–water partition coefficient (Wildman–Crippen LogP) is -0.844. The van der Waals surface area contributed by atoms with Gasteiger partial charge in [-0.1, -0.05) is 31.9 Å². The zero-order valence-corrected chi connectivity index (χ0v) is 9.90. The largest absolute Gasteiger partial charge is 0.267 e. The standard InChI is InChI=1S/C2H5Br2NO4S2/c3-1(10(6)7)5-2(4)11(8)9/h1-2,5,10-11H. The quantitative estimate of drug-likeness (QED) is 0.356. The fourth-order valence-electron chi connectivity index (χ4n) is 0.235. The van der Waals surface area contributed by atoms with E-state index in [2.05, 4.69) is 37.2 Å². The van der Waals surface area contributed by atoms with Crippen LogP contribution in [0.25, 0.3) is 0 Å². The van der Waals surface area contributed by atoms with Crippen molar-refractivity contribution < 1.29 is 16.8 Å². The topological polar surface area (TPSA) is 80.3 Å². The molecule has 0 heterocycles. The molecular formula is C2H5Br2NO4S2. The lowest BCUT2D eigenvalue weighted by molar-refractivity contribution is 0.596. The third kappa shape index (κ3) is 5.12. The Morgan fingerprint density at radius 3 is 1.36 bits per heavy atom. The van der Waals surface area contributed by atoms with Crippen LogP contribution in [0.2, 0.25) is 0 Å². The molecule has 5 nitrogen and oxygen atoms in total. The first-order valence-electron chi connectivity index (χ1n) is 2.26. The monoisotopic (exact) mass is 329 g/mol. The Bertz CT molecular complexity index is 219. The van der Waals surface area contributed by atoms with Crippen molar-refractivity contribution in [3.63, 3.8) is 0 Å². The molecule has 0 bridgehead atoms. The second kappa shape index (κ2) is 5.46. The van der Waals surface area contributed by atoms with Gasteiger partial charge in [-0.15, -0.1) is 0 Å². The highest BCUT2D eigenvalue weighted by molar-refractivity contribution is 9.11. The minimum Gasteiger partial charge on any atom is -0.267 e. The summed E-state index contributed by atoms with van der Waals surface area (Å²) in [4.78, 5) is 0. The van der Waals surface area contributed by atoms with E-state index in [9.17, 15) is 16.8 Å². The average molecular weight is 331 g/mol. The van der Waals surface area contributed by atoms with Crippen molar-refractivity contribution in [1.82, 2.24) is 5.32 Å². The summed E-state index contributed by atoms with van der Waals surface area (Å²) in [5, 5.41) is 2.22. The number of alkyl halides is 2. The summed E-state index contributed by atoms with van der Waals surface area (Å²) >= 11 is 5.41. The maximum atomic E-state index is 10.2. The second-order valence-corrected chi connectivity index (χ2v) is 6.83.